The Morgan fingerprint density at radius 2 is 1.80 bits per heavy atom. The zero-order valence-corrected chi connectivity index (χ0v) is 12.0. The number of rotatable bonds is 3. The van der Waals surface area contributed by atoms with Crippen LogP contribution < -0.4 is 10.6 Å². The third-order valence-corrected chi connectivity index (χ3v) is 4.69. The number of piperidine rings is 1. The van der Waals surface area contributed by atoms with Crippen molar-refractivity contribution in [3.05, 3.63) is 35.9 Å². The average Bonchev–Trinajstić information content (AvgIpc) is 2.51. The largest absolute Gasteiger partial charge is 0.355 e. The fraction of sp³-hybridized carbons (Fsp3) is 0.588. The van der Waals surface area contributed by atoms with E-state index in [1.807, 2.05) is 0 Å². The van der Waals surface area contributed by atoms with Gasteiger partial charge in [-0.3, -0.25) is 4.79 Å². The minimum atomic E-state index is 0.0121. The van der Waals surface area contributed by atoms with E-state index in [0.29, 0.717) is 12.0 Å². The molecule has 1 aromatic carbocycles. The first-order valence-electron chi connectivity index (χ1n) is 7.93. The van der Waals surface area contributed by atoms with Crippen LogP contribution >= 0.6 is 0 Å². The summed E-state index contributed by atoms with van der Waals surface area (Å²) in [7, 11) is 0. The van der Waals surface area contributed by atoms with Gasteiger partial charge in [-0.1, -0.05) is 43.2 Å². The predicted octanol–water partition coefficient (Wildman–Crippen LogP) is 2.58. The fourth-order valence-electron chi connectivity index (χ4n) is 3.62. The summed E-state index contributed by atoms with van der Waals surface area (Å²) >= 11 is 0. The van der Waals surface area contributed by atoms with Crippen LogP contribution in [-0.4, -0.2) is 24.5 Å². The number of carbonyl (C=O) groups excluding carboxylic acids is 1. The van der Waals surface area contributed by atoms with E-state index in [1.54, 1.807) is 0 Å². The van der Waals surface area contributed by atoms with Crippen LogP contribution in [0.4, 0.5) is 0 Å². The molecule has 0 aromatic heterocycles. The van der Waals surface area contributed by atoms with E-state index in [0.717, 1.165) is 19.4 Å². The van der Waals surface area contributed by atoms with E-state index in [-0.39, 0.29) is 11.9 Å². The van der Waals surface area contributed by atoms with Gasteiger partial charge in [-0.05, 0) is 37.2 Å². The van der Waals surface area contributed by atoms with Gasteiger partial charge in [-0.25, -0.2) is 0 Å². The van der Waals surface area contributed by atoms with Crippen LogP contribution in [0.15, 0.2) is 30.3 Å². The topological polar surface area (TPSA) is 41.1 Å². The molecule has 20 heavy (non-hydrogen) atoms. The summed E-state index contributed by atoms with van der Waals surface area (Å²) in [5.74, 6) is 0.744. The lowest BCUT2D eigenvalue weighted by Gasteiger charge is -2.36. The van der Waals surface area contributed by atoms with Gasteiger partial charge < -0.3 is 10.6 Å². The molecule has 0 bridgehead atoms. The van der Waals surface area contributed by atoms with E-state index >= 15 is 0 Å². The Morgan fingerprint density at radius 1 is 1.00 bits per heavy atom. The van der Waals surface area contributed by atoms with Gasteiger partial charge in [-0.15, -0.1) is 0 Å². The molecule has 108 valence electrons. The smallest absolute Gasteiger partial charge is 0.237 e. The second kappa shape index (κ2) is 6.40. The number of carbonyl (C=O) groups is 1. The molecule has 1 aromatic rings. The van der Waals surface area contributed by atoms with Gasteiger partial charge in [0.1, 0.15) is 0 Å². The average molecular weight is 272 g/mol. The summed E-state index contributed by atoms with van der Waals surface area (Å²) in [5, 5.41) is 6.62. The standard InChI is InChI=1S/C17H24N2O/c20-17-16(11-6-12-18-17)19-15-10-5-4-9-14(15)13-7-2-1-3-8-13/h1-3,7-8,14-16,19H,4-6,9-12H2,(H,18,20). The van der Waals surface area contributed by atoms with E-state index < -0.39 is 0 Å². The van der Waals surface area contributed by atoms with Crippen molar-refractivity contribution in [3.8, 4) is 0 Å². The molecule has 3 unspecified atom stereocenters. The van der Waals surface area contributed by atoms with Crippen LogP contribution in [0, 0.1) is 0 Å². The molecular formula is C17H24N2O. The molecule has 0 radical (unpaired) electrons. The third-order valence-electron chi connectivity index (χ3n) is 4.69. The molecule has 0 spiro atoms. The zero-order chi connectivity index (χ0) is 13.8. The van der Waals surface area contributed by atoms with Crippen molar-refractivity contribution in [2.75, 3.05) is 6.54 Å². The highest BCUT2D eigenvalue weighted by Crippen LogP contribution is 2.33. The van der Waals surface area contributed by atoms with Crippen molar-refractivity contribution in [2.24, 2.45) is 0 Å². The number of hydrogen-bond acceptors (Lipinski definition) is 2. The Balaban J connectivity index is 1.70. The van der Waals surface area contributed by atoms with E-state index in [2.05, 4.69) is 41.0 Å². The number of nitrogens with one attached hydrogen (secondary N) is 2. The Labute approximate surface area is 121 Å². The summed E-state index contributed by atoms with van der Waals surface area (Å²) in [5.41, 5.74) is 1.42. The SMILES string of the molecule is O=C1NCCCC1NC1CCCCC1c1ccccc1. The van der Waals surface area contributed by atoms with Crippen LogP contribution in [0.25, 0.3) is 0 Å². The van der Waals surface area contributed by atoms with Crippen molar-refractivity contribution in [1.82, 2.24) is 10.6 Å². The molecule has 1 amide bonds. The van der Waals surface area contributed by atoms with Gasteiger partial charge >= 0.3 is 0 Å². The second-order valence-electron chi connectivity index (χ2n) is 6.06. The van der Waals surface area contributed by atoms with Crippen LogP contribution in [0.2, 0.25) is 0 Å². The molecule has 2 fully saturated rings. The maximum Gasteiger partial charge on any atom is 0.237 e. The highest BCUT2D eigenvalue weighted by atomic mass is 16.2. The van der Waals surface area contributed by atoms with Crippen LogP contribution in [0.3, 0.4) is 0 Å². The minimum Gasteiger partial charge on any atom is -0.355 e. The Bertz CT molecular complexity index is 446. The lowest BCUT2D eigenvalue weighted by molar-refractivity contribution is -0.124. The molecule has 3 atom stereocenters. The molecule has 2 N–H and O–H groups in total. The molecule has 3 rings (SSSR count). The normalized spacial score (nSPS) is 30.8. The van der Waals surface area contributed by atoms with Crippen molar-refractivity contribution in [3.63, 3.8) is 0 Å². The van der Waals surface area contributed by atoms with Crippen LogP contribution in [0.5, 0.6) is 0 Å². The van der Waals surface area contributed by atoms with Crippen LogP contribution in [-0.2, 0) is 4.79 Å². The minimum absolute atomic E-state index is 0.0121. The highest BCUT2D eigenvalue weighted by molar-refractivity contribution is 5.82. The zero-order valence-electron chi connectivity index (χ0n) is 12.0. The molecule has 1 saturated carbocycles. The van der Waals surface area contributed by atoms with Gasteiger partial charge in [0.05, 0.1) is 6.04 Å². The Hall–Kier alpha value is -1.35. The van der Waals surface area contributed by atoms with Gasteiger partial charge in [0, 0.05) is 12.6 Å². The summed E-state index contributed by atoms with van der Waals surface area (Å²) < 4.78 is 0. The second-order valence-corrected chi connectivity index (χ2v) is 6.06. The summed E-state index contributed by atoms with van der Waals surface area (Å²) in [6.45, 7) is 0.837. The van der Waals surface area contributed by atoms with Crippen molar-refractivity contribution >= 4 is 5.91 Å². The predicted molar refractivity (Wildman–Crippen MR) is 80.6 cm³/mol. The van der Waals surface area contributed by atoms with Crippen molar-refractivity contribution in [1.29, 1.82) is 0 Å². The van der Waals surface area contributed by atoms with Crippen molar-refractivity contribution < 1.29 is 4.79 Å². The maximum absolute atomic E-state index is 11.9. The first-order chi connectivity index (χ1) is 9.84. The summed E-state index contributed by atoms with van der Waals surface area (Å²) in [4.78, 5) is 11.9. The van der Waals surface area contributed by atoms with Gasteiger partial charge in [0.2, 0.25) is 5.91 Å². The molecule has 1 aliphatic carbocycles. The van der Waals surface area contributed by atoms with E-state index in [1.165, 1.54) is 31.2 Å². The quantitative estimate of drug-likeness (QED) is 0.888. The fourth-order valence-corrected chi connectivity index (χ4v) is 3.62. The Morgan fingerprint density at radius 3 is 2.60 bits per heavy atom. The van der Waals surface area contributed by atoms with Gasteiger partial charge in [0.15, 0.2) is 0 Å². The van der Waals surface area contributed by atoms with Crippen LogP contribution in [0.1, 0.15) is 50.0 Å². The number of hydrogen-bond donors (Lipinski definition) is 2. The summed E-state index contributed by atoms with van der Waals surface area (Å²) in [6.07, 6.45) is 7.05. The molecular weight excluding hydrogens is 248 g/mol. The molecule has 1 heterocycles. The number of benzene rings is 1. The lowest BCUT2D eigenvalue weighted by Crippen LogP contribution is -2.53. The van der Waals surface area contributed by atoms with Gasteiger partial charge in [0.25, 0.3) is 0 Å². The maximum atomic E-state index is 11.9. The van der Waals surface area contributed by atoms with Crippen molar-refractivity contribution in [2.45, 2.75) is 56.5 Å². The molecule has 1 aliphatic heterocycles. The molecule has 2 aliphatic rings. The highest BCUT2D eigenvalue weighted by Gasteiger charge is 2.31. The molecule has 1 saturated heterocycles. The molecule has 3 nitrogen and oxygen atoms in total. The van der Waals surface area contributed by atoms with E-state index in [9.17, 15) is 4.79 Å². The third kappa shape index (κ3) is 3.04. The monoisotopic (exact) mass is 272 g/mol. The molecule has 3 heteroatoms. The first kappa shape index (κ1) is 13.6. The van der Waals surface area contributed by atoms with Gasteiger partial charge in [-0.2, -0.15) is 0 Å². The first-order valence-corrected chi connectivity index (χ1v) is 7.93. The van der Waals surface area contributed by atoms with E-state index in [4.69, 9.17) is 0 Å². The lowest BCUT2D eigenvalue weighted by atomic mass is 9.79. The number of amides is 1. The summed E-state index contributed by atoms with van der Waals surface area (Å²) in [6, 6.07) is 11.2. The Kier molecular flexibility index (Phi) is 4.36.